The molecule has 0 radical (unpaired) electrons. The fourth-order valence-corrected chi connectivity index (χ4v) is 1.81. The molecule has 10 heteroatoms. The van der Waals surface area contributed by atoms with Gasteiger partial charge in [0, 0.05) is 11.6 Å². The summed E-state index contributed by atoms with van der Waals surface area (Å²) >= 11 is 4.77. The first-order chi connectivity index (χ1) is 10.9. The van der Waals surface area contributed by atoms with Crippen LogP contribution in [0.4, 0.5) is 13.2 Å². The second kappa shape index (κ2) is 5.80. The highest BCUT2D eigenvalue weighted by molar-refractivity contribution is 7.71. The van der Waals surface area contributed by atoms with E-state index in [9.17, 15) is 13.2 Å². The Morgan fingerprint density at radius 1 is 1.13 bits per heavy atom. The predicted octanol–water partition coefficient (Wildman–Crippen LogP) is 4.00. The Balaban J connectivity index is 1.80. The van der Waals surface area contributed by atoms with Crippen molar-refractivity contribution in [2.45, 2.75) is 6.18 Å². The minimum Gasteiger partial charge on any atom is -0.439 e. The molecule has 6 nitrogen and oxygen atoms in total. The first-order valence-electron chi connectivity index (χ1n) is 6.15. The maximum atomic E-state index is 12.6. The normalized spacial score (nSPS) is 11.4. The Hall–Kier alpha value is -2.75. The second-order valence-corrected chi connectivity index (χ2v) is 4.65. The third-order valence-electron chi connectivity index (χ3n) is 2.69. The number of alkyl halides is 3. The summed E-state index contributed by atoms with van der Waals surface area (Å²) in [6, 6.07) is 7.04. The highest BCUT2D eigenvalue weighted by Gasteiger charge is 2.33. The van der Waals surface area contributed by atoms with Crippen molar-refractivity contribution in [2.24, 2.45) is 0 Å². The van der Waals surface area contributed by atoms with Crippen LogP contribution in [-0.4, -0.2) is 20.2 Å². The molecule has 0 aliphatic rings. The van der Waals surface area contributed by atoms with Crippen LogP contribution in [0, 0.1) is 4.84 Å². The van der Waals surface area contributed by atoms with Crippen LogP contribution in [0.5, 0.6) is 11.6 Å². The number of hydrogen-bond donors (Lipinski definition) is 1. The smallest absolute Gasteiger partial charge is 0.433 e. The van der Waals surface area contributed by atoms with Gasteiger partial charge in [-0.25, -0.2) is 15.1 Å². The Morgan fingerprint density at radius 3 is 2.48 bits per heavy atom. The Kier molecular flexibility index (Phi) is 3.82. The van der Waals surface area contributed by atoms with Gasteiger partial charge >= 0.3 is 6.18 Å². The molecule has 2 heterocycles. The van der Waals surface area contributed by atoms with Gasteiger partial charge in [0.15, 0.2) is 5.69 Å². The summed E-state index contributed by atoms with van der Waals surface area (Å²) in [7, 11) is 0. The van der Waals surface area contributed by atoms with Gasteiger partial charge in [0.1, 0.15) is 12.1 Å². The number of halogens is 3. The number of nitrogens with one attached hydrogen (secondary N) is 1. The molecule has 0 unspecified atom stereocenters. The van der Waals surface area contributed by atoms with Gasteiger partial charge in [0.2, 0.25) is 11.8 Å². The van der Waals surface area contributed by atoms with E-state index in [0.717, 1.165) is 12.4 Å². The van der Waals surface area contributed by atoms with Crippen LogP contribution in [0.2, 0.25) is 0 Å². The molecule has 23 heavy (non-hydrogen) atoms. The maximum absolute atomic E-state index is 12.6. The third-order valence-corrected chi connectivity index (χ3v) is 2.87. The number of H-pyrrole nitrogens is 1. The van der Waals surface area contributed by atoms with E-state index in [1.807, 2.05) is 0 Å². The van der Waals surface area contributed by atoms with Crippen LogP contribution in [0.15, 0.2) is 41.1 Å². The van der Waals surface area contributed by atoms with Crippen LogP contribution in [0.25, 0.3) is 11.5 Å². The number of rotatable bonds is 3. The summed E-state index contributed by atoms with van der Waals surface area (Å²) in [6.45, 7) is 0. The largest absolute Gasteiger partial charge is 0.439 e. The van der Waals surface area contributed by atoms with E-state index in [0.29, 0.717) is 17.2 Å². The number of aromatic amines is 1. The van der Waals surface area contributed by atoms with E-state index in [1.165, 1.54) is 12.1 Å². The fraction of sp³-hybridized carbons (Fsp3) is 0.0769. The maximum Gasteiger partial charge on any atom is 0.433 e. The minimum atomic E-state index is -4.56. The lowest BCUT2D eigenvalue weighted by atomic mass is 10.2. The number of benzene rings is 1. The Bertz CT molecular complexity index is 874. The van der Waals surface area contributed by atoms with Crippen LogP contribution in [-0.2, 0) is 6.18 Å². The van der Waals surface area contributed by atoms with Gasteiger partial charge in [-0.3, -0.25) is 0 Å². The number of hydrogen-bond acceptors (Lipinski definition) is 6. The lowest BCUT2D eigenvalue weighted by molar-refractivity contribution is -0.141. The molecule has 1 aromatic carbocycles. The van der Waals surface area contributed by atoms with Gasteiger partial charge in [0.25, 0.3) is 4.84 Å². The highest BCUT2D eigenvalue weighted by Crippen LogP contribution is 2.30. The van der Waals surface area contributed by atoms with E-state index in [2.05, 4.69) is 20.2 Å². The van der Waals surface area contributed by atoms with Crippen molar-refractivity contribution in [3.05, 3.63) is 47.2 Å². The molecule has 0 spiro atoms. The molecular weight excluding hydrogens is 333 g/mol. The summed E-state index contributed by atoms with van der Waals surface area (Å²) in [5, 5.41) is 6.34. The highest BCUT2D eigenvalue weighted by atomic mass is 32.1. The first-order valence-corrected chi connectivity index (χ1v) is 6.56. The van der Waals surface area contributed by atoms with Crippen LogP contribution in [0.1, 0.15) is 5.69 Å². The molecule has 0 aliphatic carbocycles. The summed E-state index contributed by atoms with van der Waals surface area (Å²) in [5.74, 6) is 0.384. The molecule has 2 aromatic heterocycles. The molecule has 3 rings (SSSR count). The standard InChI is InChI=1S/C13H7F3N4O2S/c14-13(15,16)9-5-10(18-6-17-9)21-8-3-1-7(2-4-8)11-19-20-12(23)22-11/h1-6H,(H,20,23). The van der Waals surface area contributed by atoms with E-state index < -0.39 is 11.9 Å². The van der Waals surface area contributed by atoms with Gasteiger partial charge in [-0.15, -0.1) is 5.10 Å². The molecule has 0 bridgehead atoms. The molecule has 0 amide bonds. The Morgan fingerprint density at radius 2 is 1.87 bits per heavy atom. The third kappa shape index (κ3) is 3.54. The lowest BCUT2D eigenvalue weighted by Crippen LogP contribution is -2.08. The van der Waals surface area contributed by atoms with Crippen molar-refractivity contribution in [3.8, 4) is 23.1 Å². The average Bonchev–Trinajstić information content (AvgIpc) is 2.94. The van der Waals surface area contributed by atoms with Gasteiger partial charge < -0.3 is 9.15 Å². The molecule has 0 aliphatic heterocycles. The monoisotopic (exact) mass is 340 g/mol. The van der Waals surface area contributed by atoms with Crippen LogP contribution < -0.4 is 4.74 Å². The molecule has 1 N–H and O–H groups in total. The van der Waals surface area contributed by atoms with E-state index >= 15 is 0 Å². The molecule has 0 saturated carbocycles. The molecule has 3 aromatic rings. The fourth-order valence-electron chi connectivity index (χ4n) is 1.69. The lowest BCUT2D eigenvalue weighted by Gasteiger charge is -2.08. The van der Waals surface area contributed by atoms with Gasteiger partial charge in [-0.2, -0.15) is 13.2 Å². The zero-order valence-corrected chi connectivity index (χ0v) is 12.0. The molecular formula is C13H7F3N4O2S. The van der Waals surface area contributed by atoms with Crippen molar-refractivity contribution in [1.29, 1.82) is 0 Å². The van der Waals surface area contributed by atoms with Gasteiger partial charge in [-0.05, 0) is 36.5 Å². The molecule has 0 fully saturated rings. The number of ether oxygens (including phenoxy) is 1. The summed E-state index contributed by atoms with van der Waals surface area (Å²) in [4.78, 5) is 6.95. The van der Waals surface area contributed by atoms with Crippen molar-refractivity contribution in [3.63, 3.8) is 0 Å². The summed E-state index contributed by atoms with van der Waals surface area (Å²) in [5.41, 5.74) is -0.448. The quantitative estimate of drug-likeness (QED) is 0.726. The second-order valence-electron chi connectivity index (χ2n) is 4.28. The van der Waals surface area contributed by atoms with E-state index in [1.54, 1.807) is 12.1 Å². The van der Waals surface area contributed by atoms with Crippen molar-refractivity contribution < 1.29 is 22.3 Å². The number of aromatic nitrogens is 4. The van der Waals surface area contributed by atoms with Crippen molar-refractivity contribution in [2.75, 3.05) is 0 Å². The van der Waals surface area contributed by atoms with Crippen LogP contribution >= 0.6 is 12.2 Å². The van der Waals surface area contributed by atoms with Crippen molar-refractivity contribution >= 4 is 12.2 Å². The van der Waals surface area contributed by atoms with Crippen LogP contribution in [0.3, 0.4) is 0 Å². The topological polar surface area (TPSA) is 76.8 Å². The molecule has 0 saturated heterocycles. The zero-order valence-electron chi connectivity index (χ0n) is 11.2. The minimum absolute atomic E-state index is 0.140. The van der Waals surface area contributed by atoms with Gasteiger partial charge in [0.05, 0.1) is 0 Å². The zero-order chi connectivity index (χ0) is 16.4. The van der Waals surface area contributed by atoms with E-state index in [-0.39, 0.29) is 10.7 Å². The van der Waals surface area contributed by atoms with Crippen molar-refractivity contribution in [1.82, 2.24) is 20.2 Å². The molecule has 118 valence electrons. The first kappa shape index (κ1) is 15.2. The molecule has 0 atom stereocenters. The Labute approximate surface area is 132 Å². The predicted molar refractivity (Wildman–Crippen MR) is 74.2 cm³/mol. The summed E-state index contributed by atoms with van der Waals surface area (Å²) < 4.78 is 48.1. The average molecular weight is 340 g/mol. The SMILES string of the molecule is FC(F)(F)c1cc(Oc2ccc(-c3n[nH]c(=S)o3)cc2)ncn1. The number of nitrogens with zero attached hydrogens (tertiary/aromatic N) is 3. The van der Waals surface area contributed by atoms with E-state index in [4.69, 9.17) is 21.4 Å². The van der Waals surface area contributed by atoms with Gasteiger partial charge in [-0.1, -0.05) is 0 Å². The summed E-state index contributed by atoms with van der Waals surface area (Å²) in [6.07, 6.45) is -3.77.